The van der Waals surface area contributed by atoms with E-state index in [9.17, 15) is 9.18 Å². The van der Waals surface area contributed by atoms with Crippen molar-refractivity contribution in [3.05, 3.63) is 70.8 Å². The van der Waals surface area contributed by atoms with Crippen LogP contribution in [0.1, 0.15) is 5.56 Å². The fourth-order valence-electron chi connectivity index (χ4n) is 2.04. The Morgan fingerprint density at radius 1 is 1.17 bits per heavy atom. The molecule has 0 saturated heterocycles. The molecule has 0 atom stereocenters. The quantitative estimate of drug-likeness (QED) is 0.752. The van der Waals surface area contributed by atoms with E-state index in [4.69, 9.17) is 0 Å². The predicted molar refractivity (Wildman–Crippen MR) is 89.8 cm³/mol. The van der Waals surface area contributed by atoms with Crippen LogP contribution in [0.4, 0.5) is 14.9 Å². The minimum atomic E-state index is -0.342. The number of carbonyl (C=O) groups is 1. The highest BCUT2D eigenvalue weighted by atomic mass is 32.1. The maximum Gasteiger partial charge on any atom is 0.319 e. The second kappa shape index (κ2) is 7.02. The van der Waals surface area contributed by atoms with Gasteiger partial charge in [0.15, 0.2) is 0 Å². The first-order chi connectivity index (χ1) is 11.2. The van der Waals surface area contributed by atoms with Gasteiger partial charge >= 0.3 is 6.03 Å². The van der Waals surface area contributed by atoms with E-state index in [-0.39, 0.29) is 11.8 Å². The minimum absolute atomic E-state index is 0.339. The lowest BCUT2D eigenvalue weighted by Gasteiger charge is -2.08. The fraction of sp³-hybridized carbons (Fsp3) is 0.0588. The number of rotatable bonds is 4. The summed E-state index contributed by atoms with van der Waals surface area (Å²) in [6, 6.07) is 11.1. The topological polar surface area (TPSA) is 54.0 Å². The van der Waals surface area contributed by atoms with Crippen molar-refractivity contribution in [1.82, 2.24) is 10.3 Å². The third-order valence-corrected chi connectivity index (χ3v) is 3.88. The Morgan fingerprint density at radius 2 is 2.00 bits per heavy atom. The van der Waals surface area contributed by atoms with Crippen molar-refractivity contribution < 1.29 is 9.18 Å². The zero-order valence-electron chi connectivity index (χ0n) is 12.1. The van der Waals surface area contributed by atoms with Gasteiger partial charge in [0.25, 0.3) is 0 Å². The Morgan fingerprint density at radius 3 is 2.74 bits per heavy atom. The van der Waals surface area contributed by atoms with Gasteiger partial charge in [-0.15, -0.1) is 0 Å². The Bertz CT molecular complexity index is 788. The SMILES string of the molecule is O=C(NCc1ccnc(-c2ccsc2)c1)Nc1ccc(F)cc1. The van der Waals surface area contributed by atoms with Gasteiger partial charge < -0.3 is 10.6 Å². The standard InChI is InChI=1S/C17H14FN3OS/c18-14-1-3-15(4-2-14)21-17(22)20-10-12-5-7-19-16(9-12)13-6-8-23-11-13/h1-9,11H,10H2,(H2,20,21,22). The van der Waals surface area contributed by atoms with Gasteiger partial charge in [-0.3, -0.25) is 4.98 Å². The third-order valence-electron chi connectivity index (χ3n) is 3.20. The highest BCUT2D eigenvalue weighted by molar-refractivity contribution is 7.08. The van der Waals surface area contributed by atoms with Crippen LogP contribution >= 0.6 is 11.3 Å². The number of halogens is 1. The zero-order valence-corrected chi connectivity index (χ0v) is 12.9. The van der Waals surface area contributed by atoms with Gasteiger partial charge in [-0.05, 0) is 53.4 Å². The van der Waals surface area contributed by atoms with Crippen molar-refractivity contribution in [2.75, 3.05) is 5.32 Å². The van der Waals surface area contributed by atoms with E-state index in [0.717, 1.165) is 16.8 Å². The first-order valence-corrected chi connectivity index (χ1v) is 7.93. The van der Waals surface area contributed by atoms with Crippen molar-refractivity contribution >= 4 is 23.1 Å². The second-order valence-corrected chi connectivity index (χ2v) is 5.66. The highest BCUT2D eigenvalue weighted by Gasteiger charge is 2.04. The second-order valence-electron chi connectivity index (χ2n) is 4.88. The predicted octanol–water partition coefficient (Wildman–Crippen LogP) is 4.27. The molecule has 0 aliphatic heterocycles. The van der Waals surface area contributed by atoms with E-state index in [1.165, 1.54) is 24.3 Å². The van der Waals surface area contributed by atoms with Crippen LogP contribution < -0.4 is 10.6 Å². The fourth-order valence-corrected chi connectivity index (χ4v) is 2.69. The molecular formula is C17H14FN3OS. The summed E-state index contributed by atoms with van der Waals surface area (Å²) in [5.74, 6) is -0.339. The molecule has 6 heteroatoms. The average Bonchev–Trinajstić information content (AvgIpc) is 3.10. The van der Waals surface area contributed by atoms with Crippen LogP contribution in [0.5, 0.6) is 0 Å². The summed E-state index contributed by atoms with van der Waals surface area (Å²) in [6.45, 7) is 0.382. The number of nitrogens with zero attached hydrogens (tertiary/aromatic N) is 1. The third kappa shape index (κ3) is 4.14. The number of nitrogens with one attached hydrogen (secondary N) is 2. The highest BCUT2D eigenvalue weighted by Crippen LogP contribution is 2.20. The van der Waals surface area contributed by atoms with Crippen LogP contribution in [0.3, 0.4) is 0 Å². The van der Waals surface area contributed by atoms with Gasteiger partial charge in [0.2, 0.25) is 0 Å². The lowest BCUT2D eigenvalue weighted by molar-refractivity contribution is 0.251. The largest absolute Gasteiger partial charge is 0.334 e. The zero-order chi connectivity index (χ0) is 16.1. The van der Waals surface area contributed by atoms with Crippen molar-refractivity contribution in [1.29, 1.82) is 0 Å². The number of pyridine rings is 1. The number of urea groups is 1. The Hall–Kier alpha value is -2.73. The smallest absolute Gasteiger partial charge is 0.319 e. The molecule has 0 fully saturated rings. The van der Waals surface area contributed by atoms with Crippen molar-refractivity contribution in [3.8, 4) is 11.3 Å². The molecule has 2 aromatic heterocycles. The van der Waals surface area contributed by atoms with E-state index < -0.39 is 0 Å². The monoisotopic (exact) mass is 327 g/mol. The number of carbonyl (C=O) groups excluding carboxylic acids is 1. The summed E-state index contributed by atoms with van der Waals surface area (Å²) in [4.78, 5) is 16.2. The summed E-state index contributed by atoms with van der Waals surface area (Å²) in [5.41, 5.74) is 3.44. The van der Waals surface area contributed by atoms with Crippen molar-refractivity contribution in [2.45, 2.75) is 6.54 Å². The molecule has 2 heterocycles. The Kier molecular flexibility index (Phi) is 4.63. The molecule has 116 valence electrons. The number of thiophene rings is 1. The molecule has 0 unspecified atom stereocenters. The van der Waals surface area contributed by atoms with Gasteiger partial charge in [-0.25, -0.2) is 9.18 Å². The molecule has 0 saturated carbocycles. The van der Waals surface area contributed by atoms with Gasteiger partial charge in [0.1, 0.15) is 5.82 Å². The van der Waals surface area contributed by atoms with E-state index in [2.05, 4.69) is 15.6 Å². The molecule has 0 radical (unpaired) electrons. The molecule has 0 bridgehead atoms. The normalized spacial score (nSPS) is 10.3. The van der Waals surface area contributed by atoms with E-state index in [0.29, 0.717) is 12.2 Å². The summed E-state index contributed by atoms with van der Waals surface area (Å²) in [6.07, 6.45) is 1.72. The minimum Gasteiger partial charge on any atom is -0.334 e. The Labute approximate surface area is 137 Å². The van der Waals surface area contributed by atoms with Gasteiger partial charge in [0.05, 0.1) is 5.69 Å². The number of anilines is 1. The molecular weight excluding hydrogens is 313 g/mol. The Balaban J connectivity index is 1.58. The number of aromatic nitrogens is 1. The van der Waals surface area contributed by atoms with Gasteiger partial charge in [0, 0.05) is 29.4 Å². The average molecular weight is 327 g/mol. The molecule has 0 aliphatic rings. The molecule has 3 rings (SSSR count). The van der Waals surface area contributed by atoms with Crippen LogP contribution in [0.2, 0.25) is 0 Å². The van der Waals surface area contributed by atoms with E-state index in [1.54, 1.807) is 17.5 Å². The van der Waals surface area contributed by atoms with Crippen molar-refractivity contribution in [3.63, 3.8) is 0 Å². The van der Waals surface area contributed by atoms with Crippen LogP contribution in [-0.2, 0) is 6.54 Å². The number of hydrogen-bond acceptors (Lipinski definition) is 3. The first kappa shape index (κ1) is 15.2. The maximum absolute atomic E-state index is 12.8. The molecule has 1 aromatic carbocycles. The van der Waals surface area contributed by atoms with E-state index >= 15 is 0 Å². The molecule has 0 spiro atoms. The maximum atomic E-state index is 12.8. The first-order valence-electron chi connectivity index (χ1n) is 6.98. The van der Waals surface area contributed by atoms with E-state index in [1.807, 2.05) is 29.0 Å². The summed E-state index contributed by atoms with van der Waals surface area (Å²) in [7, 11) is 0. The molecule has 0 aliphatic carbocycles. The molecule has 4 nitrogen and oxygen atoms in total. The van der Waals surface area contributed by atoms with Crippen molar-refractivity contribution in [2.24, 2.45) is 0 Å². The lowest BCUT2D eigenvalue weighted by atomic mass is 10.1. The van der Waals surface area contributed by atoms with Gasteiger partial charge in [-0.2, -0.15) is 11.3 Å². The lowest BCUT2D eigenvalue weighted by Crippen LogP contribution is -2.28. The number of amides is 2. The molecule has 23 heavy (non-hydrogen) atoms. The van der Waals surface area contributed by atoms with Gasteiger partial charge in [-0.1, -0.05) is 0 Å². The summed E-state index contributed by atoms with van der Waals surface area (Å²) >= 11 is 1.61. The van der Waals surface area contributed by atoms with Crippen LogP contribution in [-0.4, -0.2) is 11.0 Å². The number of hydrogen-bond donors (Lipinski definition) is 2. The summed E-state index contributed by atoms with van der Waals surface area (Å²) in [5, 5.41) is 9.44. The van der Waals surface area contributed by atoms with Crippen LogP contribution in [0, 0.1) is 5.82 Å². The summed E-state index contributed by atoms with van der Waals surface area (Å²) < 4.78 is 12.8. The molecule has 2 N–H and O–H groups in total. The van der Waals surface area contributed by atoms with Crippen LogP contribution in [0.25, 0.3) is 11.3 Å². The van der Waals surface area contributed by atoms with Crippen LogP contribution in [0.15, 0.2) is 59.4 Å². The molecule has 2 amide bonds. The number of benzene rings is 1. The molecule has 3 aromatic rings.